The molecule has 8 heteroatoms. The lowest BCUT2D eigenvalue weighted by atomic mass is 10.1. The maximum Gasteiger partial charge on any atom is 0.377 e. The second-order valence-corrected chi connectivity index (χ2v) is 5.72. The Balaban J connectivity index is 1.68. The van der Waals surface area contributed by atoms with Crippen molar-refractivity contribution in [3.05, 3.63) is 71.6 Å². The van der Waals surface area contributed by atoms with Crippen LogP contribution in [-0.2, 0) is 16.6 Å². The van der Waals surface area contributed by atoms with E-state index in [9.17, 15) is 9.59 Å². The van der Waals surface area contributed by atoms with E-state index >= 15 is 0 Å². The third-order valence-electron chi connectivity index (χ3n) is 3.72. The number of amides is 1. The van der Waals surface area contributed by atoms with Gasteiger partial charge in [0.05, 0.1) is 5.69 Å². The number of imidazole rings is 1. The molecule has 1 amide bonds. The molecule has 0 aliphatic carbocycles. The third kappa shape index (κ3) is 3.97. The number of carbonyl (C=O) groups excluding carboxylic acids is 2. The molecule has 3 aromatic rings. The molecule has 0 saturated carbocycles. The summed E-state index contributed by atoms with van der Waals surface area (Å²) in [6, 6.07) is 10.4. The van der Waals surface area contributed by atoms with E-state index in [1.807, 2.05) is 41.9 Å². The highest BCUT2D eigenvalue weighted by molar-refractivity contribution is 5.88. The summed E-state index contributed by atoms with van der Waals surface area (Å²) in [5.74, 6) is -0.568. The zero-order valence-electron chi connectivity index (χ0n) is 14.4. The molecule has 0 spiro atoms. The predicted molar refractivity (Wildman–Crippen MR) is 91.2 cm³/mol. The Hall–Kier alpha value is -3.42. The molecule has 3 rings (SSSR count). The number of carbonyl (C=O) groups is 2. The van der Waals surface area contributed by atoms with E-state index in [1.165, 1.54) is 6.07 Å². The normalized spacial score (nSPS) is 11.8. The van der Waals surface area contributed by atoms with E-state index in [0.29, 0.717) is 11.5 Å². The number of esters is 1. The van der Waals surface area contributed by atoms with Crippen molar-refractivity contribution in [2.45, 2.75) is 13.0 Å². The molecule has 26 heavy (non-hydrogen) atoms. The molecule has 8 nitrogen and oxygen atoms in total. The molecule has 0 fully saturated rings. The fraction of sp³-hybridized carbons (Fsp3) is 0.222. The van der Waals surface area contributed by atoms with Crippen molar-refractivity contribution in [3.63, 3.8) is 0 Å². The third-order valence-corrected chi connectivity index (χ3v) is 3.72. The van der Waals surface area contributed by atoms with Crippen LogP contribution in [0.5, 0.6) is 0 Å². The average molecular weight is 354 g/mol. The lowest BCUT2D eigenvalue weighted by Gasteiger charge is -2.19. The minimum atomic E-state index is -0.742. The topological polar surface area (TPSA) is 99.2 Å². The second-order valence-electron chi connectivity index (χ2n) is 5.72. The van der Waals surface area contributed by atoms with Crippen LogP contribution in [0, 0.1) is 6.92 Å². The molecule has 2 aromatic heterocycles. The summed E-state index contributed by atoms with van der Waals surface area (Å²) in [5, 5.41) is 6.45. The number of nitrogens with one attached hydrogen (secondary N) is 1. The van der Waals surface area contributed by atoms with Crippen molar-refractivity contribution in [2.75, 3.05) is 6.61 Å². The van der Waals surface area contributed by atoms with Crippen molar-refractivity contribution in [1.82, 2.24) is 20.0 Å². The largest absolute Gasteiger partial charge is 0.450 e. The molecule has 0 radical (unpaired) electrons. The molecule has 1 atom stereocenters. The maximum atomic E-state index is 12.3. The Morgan fingerprint density at radius 2 is 2.08 bits per heavy atom. The van der Waals surface area contributed by atoms with Crippen LogP contribution in [0.3, 0.4) is 0 Å². The van der Waals surface area contributed by atoms with E-state index in [4.69, 9.17) is 9.26 Å². The lowest BCUT2D eigenvalue weighted by molar-refractivity contribution is -0.124. The molecule has 1 unspecified atom stereocenters. The van der Waals surface area contributed by atoms with Crippen molar-refractivity contribution in [1.29, 1.82) is 0 Å². The highest BCUT2D eigenvalue weighted by atomic mass is 16.6. The zero-order valence-corrected chi connectivity index (χ0v) is 14.4. The number of benzene rings is 1. The predicted octanol–water partition coefficient (Wildman–Crippen LogP) is 1.78. The van der Waals surface area contributed by atoms with Crippen molar-refractivity contribution in [3.8, 4) is 0 Å². The monoisotopic (exact) mass is 354 g/mol. The smallest absolute Gasteiger partial charge is 0.377 e. The van der Waals surface area contributed by atoms with Gasteiger partial charge < -0.3 is 19.1 Å². The van der Waals surface area contributed by atoms with Gasteiger partial charge >= 0.3 is 5.97 Å². The van der Waals surface area contributed by atoms with E-state index < -0.39 is 24.5 Å². The van der Waals surface area contributed by atoms with Gasteiger partial charge in [0.2, 0.25) is 5.76 Å². The van der Waals surface area contributed by atoms with Crippen LogP contribution in [0.1, 0.15) is 33.7 Å². The first-order chi connectivity index (χ1) is 12.5. The Morgan fingerprint density at radius 3 is 2.69 bits per heavy atom. The average Bonchev–Trinajstić information content (AvgIpc) is 3.27. The summed E-state index contributed by atoms with van der Waals surface area (Å²) in [6.07, 6.45) is 3.45. The molecule has 1 aromatic carbocycles. The number of ether oxygens (including phenoxy) is 1. The molecule has 0 aliphatic heterocycles. The van der Waals surface area contributed by atoms with Crippen LogP contribution in [0.15, 0.2) is 53.3 Å². The van der Waals surface area contributed by atoms with Gasteiger partial charge in [-0.05, 0) is 12.5 Å². The number of hydrogen-bond donors (Lipinski definition) is 1. The molecular weight excluding hydrogens is 336 g/mol. The summed E-state index contributed by atoms with van der Waals surface area (Å²) >= 11 is 0. The quantitative estimate of drug-likeness (QED) is 0.678. The SMILES string of the molecule is Cc1cc(C(=O)OCC(=O)NC(c2ccccc2)c2nccn2C)on1. The first-order valence-corrected chi connectivity index (χ1v) is 7.96. The molecule has 134 valence electrons. The molecular formula is C18H18N4O4. The summed E-state index contributed by atoms with van der Waals surface area (Å²) in [6.45, 7) is 1.25. The molecule has 1 N–H and O–H groups in total. The van der Waals surface area contributed by atoms with Crippen LogP contribution in [-0.4, -0.2) is 33.2 Å². The fourth-order valence-corrected chi connectivity index (χ4v) is 2.46. The van der Waals surface area contributed by atoms with Crippen LogP contribution < -0.4 is 5.32 Å². The number of hydrogen-bond acceptors (Lipinski definition) is 6. The number of aryl methyl sites for hydroxylation is 2. The molecule has 2 heterocycles. The number of aromatic nitrogens is 3. The highest BCUT2D eigenvalue weighted by Gasteiger charge is 2.22. The van der Waals surface area contributed by atoms with E-state index in [-0.39, 0.29) is 5.76 Å². The van der Waals surface area contributed by atoms with Crippen LogP contribution in [0.2, 0.25) is 0 Å². The van der Waals surface area contributed by atoms with Gasteiger partial charge in [0, 0.05) is 25.5 Å². The van der Waals surface area contributed by atoms with Gasteiger partial charge in [-0.3, -0.25) is 4.79 Å². The summed E-state index contributed by atoms with van der Waals surface area (Å²) in [4.78, 5) is 28.5. The first kappa shape index (κ1) is 17.4. The summed E-state index contributed by atoms with van der Waals surface area (Å²) < 4.78 is 11.6. The van der Waals surface area contributed by atoms with Crippen molar-refractivity contribution >= 4 is 11.9 Å². The number of nitrogens with zero attached hydrogens (tertiary/aromatic N) is 3. The zero-order chi connectivity index (χ0) is 18.5. The minimum Gasteiger partial charge on any atom is -0.450 e. The Morgan fingerprint density at radius 1 is 1.31 bits per heavy atom. The number of rotatable bonds is 6. The maximum absolute atomic E-state index is 12.3. The van der Waals surface area contributed by atoms with Crippen molar-refractivity contribution in [2.24, 2.45) is 7.05 Å². The summed E-state index contributed by atoms with van der Waals surface area (Å²) in [7, 11) is 1.84. The van der Waals surface area contributed by atoms with Crippen LogP contribution in [0.4, 0.5) is 0 Å². The van der Waals surface area contributed by atoms with Gasteiger partial charge in [0.1, 0.15) is 11.9 Å². The van der Waals surface area contributed by atoms with Crippen LogP contribution in [0.25, 0.3) is 0 Å². The van der Waals surface area contributed by atoms with Gasteiger partial charge in [-0.2, -0.15) is 0 Å². The van der Waals surface area contributed by atoms with Gasteiger partial charge in [-0.1, -0.05) is 35.5 Å². The second kappa shape index (κ2) is 7.64. The Kier molecular flexibility index (Phi) is 5.12. The lowest BCUT2D eigenvalue weighted by Crippen LogP contribution is -2.34. The summed E-state index contributed by atoms with van der Waals surface area (Å²) in [5.41, 5.74) is 1.42. The van der Waals surface area contributed by atoms with E-state index in [1.54, 1.807) is 19.3 Å². The van der Waals surface area contributed by atoms with Gasteiger partial charge in [-0.25, -0.2) is 9.78 Å². The van der Waals surface area contributed by atoms with Gasteiger partial charge in [0.25, 0.3) is 5.91 Å². The molecule has 0 bridgehead atoms. The van der Waals surface area contributed by atoms with Gasteiger partial charge in [0.15, 0.2) is 6.61 Å². The molecule has 0 saturated heterocycles. The van der Waals surface area contributed by atoms with E-state index in [2.05, 4.69) is 15.5 Å². The minimum absolute atomic E-state index is 0.0426. The standard InChI is InChI=1S/C18H18N4O4/c1-12-10-14(26-21-12)18(24)25-11-15(23)20-16(13-6-4-3-5-7-13)17-19-8-9-22(17)2/h3-10,16H,11H2,1-2H3,(H,20,23). The van der Waals surface area contributed by atoms with Gasteiger partial charge in [-0.15, -0.1) is 0 Å². The van der Waals surface area contributed by atoms with E-state index in [0.717, 1.165) is 5.56 Å². The Bertz CT molecular complexity index is 901. The first-order valence-electron chi connectivity index (χ1n) is 7.96. The van der Waals surface area contributed by atoms with Crippen molar-refractivity contribution < 1.29 is 18.8 Å². The Labute approximate surface area is 149 Å². The van der Waals surface area contributed by atoms with Crippen LogP contribution >= 0.6 is 0 Å². The molecule has 0 aliphatic rings. The fourth-order valence-electron chi connectivity index (χ4n) is 2.46. The highest BCUT2D eigenvalue weighted by Crippen LogP contribution is 2.20.